The molecule has 0 aliphatic carbocycles. The minimum atomic E-state index is 0.0809. The van der Waals surface area contributed by atoms with Crippen molar-refractivity contribution >= 4 is 5.91 Å². The Morgan fingerprint density at radius 2 is 1.76 bits per heavy atom. The van der Waals surface area contributed by atoms with Gasteiger partial charge in [0.15, 0.2) is 0 Å². The number of fused-ring (bicyclic) bond motifs is 1. The minimum Gasteiger partial charge on any atom is -0.341 e. The number of rotatable bonds is 4. The number of likely N-dealkylation sites (tertiary alicyclic amines) is 2. The van der Waals surface area contributed by atoms with Crippen LogP contribution < -0.4 is 5.56 Å². The Morgan fingerprint density at radius 3 is 2.58 bits per heavy atom. The van der Waals surface area contributed by atoms with Gasteiger partial charge in [-0.1, -0.05) is 6.42 Å². The van der Waals surface area contributed by atoms with Crippen LogP contribution in [0.1, 0.15) is 73.9 Å². The van der Waals surface area contributed by atoms with Crippen molar-refractivity contribution in [3.05, 3.63) is 58.0 Å². The Hall–Kier alpha value is -2.54. The van der Waals surface area contributed by atoms with E-state index < -0.39 is 0 Å². The number of carbonyl (C=O) groups is 1. The third-order valence-electron chi connectivity index (χ3n) is 7.71. The molecule has 2 fully saturated rings. The lowest BCUT2D eigenvalue weighted by Crippen LogP contribution is -2.46. The van der Waals surface area contributed by atoms with Crippen LogP contribution in [0.25, 0.3) is 0 Å². The Bertz CT molecular complexity index is 1010. The van der Waals surface area contributed by atoms with Crippen LogP contribution in [0.2, 0.25) is 0 Å². The molecule has 2 saturated heterocycles. The lowest BCUT2D eigenvalue weighted by atomic mass is 9.90. The highest BCUT2D eigenvalue weighted by molar-refractivity contribution is 5.78. The Labute approximate surface area is 195 Å². The van der Waals surface area contributed by atoms with E-state index in [1.54, 1.807) is 6.07 Å². The first-order valence-corrected chi connectivity index (χ1v) is 12.7. The van der Waals surface area contributed by atoms with Gasteiger partial charge in [0.2, 0.25) is 5.91 Å². The molecule has 0 radical (unpaired) electrons. The number of hydrogen-bond acceptors (Lipinski definition) is 5. The van der Waals surface area contributed by atoms with Crippen LogP contribution in [0.4, 0.5) is 0 Å². The predicted molar refractivity (Wildman–Crippen MR) is 127 cm³/mol. The predicted octanol–water partition coefficient (Wildman–Crippen LogP) is 2.95. The van der Waals surface area contributed by atoms with E-state index in [-0.39, 0.29) is 17.4 Å². The summed E-state index contributed by atoms with van der Waals surface area (Å²) in [5.74, 6) is 1.89. The van der Waals surface area contributed by atoms with Gasteiger partial charge in [0.1, 0.15) is 5.82 Å². The SMILES string of the molecule is O=C(CN1CCC(c2ccncc2)CC1)N1CCC[C@@H](c2cc(=O)n3c(n2)CCCCC3)C1. The van der Waals surface area contributed by atoms with Crippen molar-refractivity contribution in [2.45, 2.75) is 69.7 Å². The first-order chi connectivity index (χ1) is 16.2. The van der Waals surface area contributed by atoms with Crippen molar-refractivity contribution in [2.75, 3.05) is 32.7 Å². The molecule has 5 heterocycles. The molecule has 0 unspecified atom stereocenters. The van der Waals surface area contributed by atoms with Crippen LogP contribution >= 0.6 is 0 Å². The Morgan fingerprint density at radius 1 is 0.939 bits per heavy atom. The minimum absolute atomic E-state index is 0.0809. The summed E-state index contributed by atoms with van der Waals surface area (Å²) in [6.45, 7) is 4.69. The smallest absolute Gasteiger partial charge is 0.253 e. The molecule has 1 amide bonds. The molecule has 33 heavy (non-hydrogen) atoms. The van der Waals surface area contributed by atoms with Gasteiger partial charge in [-0.05, 0) is 75.2 Å². The zero-order valence-corrected chi connectivity index (χ0v) is 19.5. The average Bonchev–Trinajstić information content (AvgIpc) is 3.11. The number of pyridine rings is 1. The van der Waals surface area contributed by atoms with Crippen LogP contribution in [0.5, 0.6) is 0 Å². The monoisotopic (exact) mass is 449 g/mol. The van der Waals surface area contributed by atoms with E-state index in [0.717, 1.165) is 89.1 Å². The molecule has 0 N–H and O–H groups in total. The molecule has 7 nitrogen and oxygen atoms in total. The summed E-state index contributed by atoms with van der Waals surface area (Å²) < 4.78 is 1.86. The molecular weight excluding hydrogens is 414 g/mol. The molecule has 0 aromatic carbocycles. The van der Waals surface area contributed by atoms with E-state index >= 15 is 0 Å². The fourth-order valence-electron chi connectivity index (χ4n) is 5.74. The van der Waals surface area contributed by atoms with Gasteiger partial charge in [-0.25, -0.2) is 4.98 Å². The standard InChI is InChI=1S/C26H35N5O2/c32-25-17-23(28-24-6-2-1-3-14-31(24)25)22-5-4-13-30(18-22)26(33)19-29-15-9-21(10-16-29)20-7-11-27-12-8-20/h7-8,11-12,17,21-22H,1-6,9-10,13-16,18-19H2/t22-/m1/s1. The molecule has 2 aromatic heterocycles. The number of hydrogen-bond donors (Lipinski definition) is 0. The van der Waals surface area contributed by atoms with Gasteiger partial charge < -0.3 is 4.90 Å². The second-order valence-electron chi connectivity index (χ2n) is 9.91. The second-order valence-corrected chi connectivity index (χ2v) is 9.91. The summed E-state index contributed by atoms with van der Waals surface area (Å²) >= 11 is 0. The lowest BCUT2D eigenvalue weighted by molar-refractivity contribution is -0.133. The molecule has 0 spiro atoms. The number of aryl methyl sites for hydroxylation is 1. The fraction of sp³-hybridized carbons (Fsp3) is 0.615. The van der Waals surface area contributed by atoms with Crippen LogP contribution in [-0.2, 0) is 17.8 Å². The molecule has 0 saturated carbocycles. The highest BCUT2D eigenvalue weighted by Gasteiger charge is 2.29. The highest BCUT2D eigenvalue weighted by Crippen LogP contribution is 2.29. The van der Waals surface area contributed by atoms with Crippen molar-refractivity contribution in [1.82, 2.24) is 24.3 Å². The molecule has 5 rings (SSSR count). The topological polar surface area (TPSA) is 71.3 Å². The summed E-state index contributed by atoms with van der Waals surface area (Å²) in [5, 5.41) is 0. The summed E-state index contributed by atoms with van der Waals surface area (Å²) in [6, 6.07) is 5.96. The van der Waals surface area contributed by atoms with E-state index in [1.807, 2.05) is 21.9 Å². The van der Waals surface area contributed by atoms with Crippen LogP contribution in [0.15, 0.2) is 35.4 Å². The number of piperidine rings is 2. The van der Waals surface area contributed by atoms with Crippen molar-refractivity contribution in [3.8, 4) is 0 Å². The van der Waals surface area contributed by atoms with E-state index in [0.29, 0.717) is 19.0 Å². The van der Waals surface area contributed by atoms with Gasteiger partial charge >= 0.3 is 0 Å². The number of nitrogens with zero attached hydrogens (tertiary/aromatic N) is 5. The van der Waals surface area contributed by atoms with Crippen LogP contribution in [0.3, 0.4) is 0 Å². The van der Waals surface area contributed by atoms with Crippen LogP contribution in [-0.4, -0.2) is 63.0 Å². The van der Waals surface area contributed by atoms with Gasteiger partial charge in [0.25, 0.3) is 5.56 Å². The Kier molecular flexibility index (Phi) is 6.85. The third-order valence-corrected chi connectivity index (χ3v) is 7.71. The molecular formula is C26H35N5O2. The zero-order valence-electron chi connectivity index (χ0n) is 19.5. The number of amides is 1. The highest BCUT2D eigenvalue weighted by atomic mass is 16.2. The van der Waals surface area contributed by atoms with Crippen molar-refractivity contribution < 1.29 is 4.79 Å². The first kappa shape index (κ1) is 22.3. The summed E-state index contributed by atoms with van der Waals surface area (Å²) in [7, 11) is 0. The van der Waals surface area contributed by atoms with E-state index in [4.69, 9.17) is 4.98 Å². The third kappa shape index (κ3) is 5.18. The number of aromatic nitrogens is 3. The van der Waals surface area contributed by atoms with Crippen molar-refractivity contribution in [2.24, 2.45) is 0 Å². The van der Waals surface area contributed by atoms with E-state index in [1.165, 1.54) is 5.56 Å². The zero-order chi connectivity index (χ0) is 22.6. The molecule has 3 aliphatic rings. The number of carbonyl (C=O) groups excluding carboxylic acids is 1. The maximum atomic E-state index is 13.1. The van der Waals surface area contributed by atoms with Gasteiger partial charge in [-0.15, -0.1) is 0 Å². The van der Waals surface area contributed by atoms with Gasteiger partial charge in [0.05, 0.1) is 12.2 Å². The molecule has 2 aromatic rings. The quantitative estimate of drug-likeness (QED) is 0.718. The van der Waals surface area contributed by atoms with Crippen molar-refractivity contribution in [3.63, 3.8) is 0 Å². The average molecular weight is 450 g/mol. The van der Waals surface area contributed by atoms with Gasteiger partial charge in [-0.2, -0.15) is 0 Å². The molecule has 7 heteroatoms. The summed E-state index contributed by atoms with van der Waals surface area (Å²) in [6.07, 6.45) is 12.1. The van der Waals surface area contributed by atoms with Crippen LogP contribution in [0, 0.1) is 0 Å². The molecule has 1 atom stereocenters. The Balaban J connectivity index is 1.18. The summed E-state index contributed by atoms with van der Waals surface area (Å²) in [5.41, 5.74) is 2.33. The summed E-state index contributed by atoms with van der Waals surface area (Å²) in [4.78, 5) is 39.2. The second kappa shape index (κ2) is 10.2. The largest absolute Gasteiger partial charge is 0.341 e. The van der Waals surface area contributed by atoms with E-state index in [9.17, 15) is 9.59 Å². The maximum absolute atomic E-state index is 13.1. The first-order valence-electron chi connectivity index (χ1n) is 12.7. The molecule has 3 aliphatic heterocycles. The normalized spacial score (nSPS) is 22.5. The van der Waals surface area contributed by atoms with E-state index in [2.05, 4.69) is 22.0 Å². The van der Waals surface area contributed by atoms with Gasteiger partial charge in [-0.3, -0.25) is 24.0 Å². The van der Waals surface area contributed by atoms with Gasteiger partial charge in [0, 0.05) is 50.4 Å². The maximum Gasteiger partial charge on any atom is 0.253 e. The fourth-order valence-corrected chi connectivity index (χ4v) is 5.74. The lowest BCUT2D eigenvalue weighted by Gasteiger charge is -2.36. The molecule has 176 valence electrons. The van der Waals surface area contributed by atoms with Crippen molar-refractivity contribution in [1.29, 1.82) is 0 Å². The molecule has 0 bridgehead atoms.